The van der Waals surface area contributed by atoms with Crippen LogP contribution in [0.3, 0.4) is 0 Å². The molecule has 6 heteroatoms. The number of pyridine rings is 1. The van der Waals surface area contributed by atoms with Gasteiger partial charge in [-0.1, -0.05) is 29.3 Å². The van der Waals surface area contributed by atoms with Crippen LogP contribution in [0.15, 0.2) is 24.3 Å². The number of ether oxygens (including phenoxy) is 1. The molecule has 0 aliphatic carbocycles. The van der Waals surface area contributed by atoms with Gasteiger partial charge in [-0.3, -0.25) is 10.4 Å². The fourth-order valence-electron chi connectivity index (χ4n) is 1.88. The minimum atomic E-state index is -0.108. The van der Waals surface area contributed by atoms with Crippen molar-refractivity contribution in [2.75, 3.05) is 0 Å². The maximum absolute atomic E-state index is 7.65. The highest BCUT2D eigenvalue weighted by Gasteiger charge is 2.15. The van der Waals surface area contributed by atoms with Crippen molar-refractivity contribution >= 4 is 29.0 Å². The van der Waals surface area contributed by atoms with E-state index in [2.05, 4.69) is 4.98 Å². The Hall–Kier alpha value is -1.78. The van der Waals surface area contributed by atoms with E-state index in [1.807, 2.05) is 6.92 Å². The summed E-state index contributed by atoms with van der Waals surface area (Å²) in [6.07, 6.45) is 0. The van der Waals surface area contributed by atoms with Crippen LogP contribution in [0.2, 0.25) is 10.0 Å². The van der Waals surface area contributed by atoms with Crippen molar-refractivity contribution in [1.82, 2.24) is 4.98 Å². The number of nitrogens with two attached hydrogens (primary N) is 1. The zero-order valence-electron chi connectivity index (χ0n) is 11.0. The topological polar surface area (TPSA) is 72.0 Å². The standard InChI is InChI=1S/C14H13Cl2N3O/c1-7-6-11(12(14(17)18)8(2)19-7)20-10-5-3-4-9(15)13(10)16/h3-6H,1-2H3,(H3,17,18). The molecule has 1 aromatic heterocycles. The number of nitrogen functional groups attached to an aromatic ring is 1. The van der Waals surface area contributed by atoms with Crippen LogP contribution in [0.25, 0.3) is 0 Å². The molecular weight excluding hydrogens is 297 g/mol. The van der Waals surface area contributed by atoms with Crippen molar-refractivity contribution in [3.63, 3.8) is 0 Å². The third-order valence-corrected chi connectivity index (χ3v) is 3.50. The molecule has 0 aliphatic heterocycles. The van der Waals surface area contributed by atoms with Crippen LogP contribution in [0.1, 0.15) is 17.0 Å². The smallest absolute Gasteiger partial charge is 0.147 e. The first-order valence-corrected chi connectivity index (χ1v) is 6.60. The first-order chi connectivity index (χ1) is 9.40. The van der Waals surface area contributed by atoms with Gasteiger partial charge >= 0.3 is 0 Å². The summed E-state index contributed by atoms with van der Waals surface area (Å²) < 4.78 is 5.77. The van der Waals surface area contributed by atoms with E-state index in [0.717, 1.165) is 5.69 Å². The van der Waals surface area contributed by atoms with Crippen molar-refractivity contribution < 1.29 is 4.74 Å². The SMILES string of the molecule is Cc1cc(Oc2cccc(Cl)c2Cl)c(C(=N)N)c(C)n1. The molecule has 0 radical (unpaired) electrons. The van der Waals surface area contributed by atoms with Crippen LogP contribution >= 0.6 is 23.2 Å². The Kier molecular flexibility index (Phi) is 4.16. The Morgan fingerprint density at radius 3 is 2.60 bits per heavy atom. The van der Waals surface area contributed by atoms with Crippen LogP contribution in [0.4, 0.5) is 0 Å². The highest BCUT2D eigenvalue weighted by atomic mass is 35.5. The Labute approximate surface area is 127 Å². The van der Waals surface area contributed by atoms with E-state index in [9.17, 15) is 0 Å². The number of rotatable bonds is 3. The van der Waals surface area contributed by atoms with Gasteiger partial charge in [0.05, 0.1) is 16.3 Å². The van der Waals surface area contributed by atoms with Crippen molar-refractivity contribution in [2.45, 2.75) is 13.8 Å². The van der Waals surface area contributed by atoms with Crippen LogP contribution < -0.4 is 10.5 Å². The van der Waals surface area contributed by atoms with Crippen molar-refractivity contribution in [1.29, 1.82) is 5.41 Å². The molecule has 0 amide bonds. The number of hydrogen-bond acceptors (Lipinski definition) is 3. The molecule has 0 bridgehead atoms. The maximum Gasteiger partial charge on any atom is 0.147 e. The molecule has 0 saturated carbocycles. The highest BCUT2D eigenvalue weighted by molar-refractivity contribution is 6.42. The summed E-state index contributed by atoms with van der Waals surface area (Å²) in [6, 6.07) is 6.81. The monoisotopic (exact) mass is 309 g/mol. The highest BCUT2D eigenvalue weighted by Crippen LogP contribution is 2.36. The predicted octanol–water partition coefficient (Wildman–Crippen LogP) is 4.08. The lowest BCUT2D eigenvalue weighted by atomic mass is 10.1. The minimum absolute atomic E-state index is 0.108. The molecule has 4 nitrogen and oxygen atoms in total. The number of halogens is 2. The Balaban J connectivity index is 2.53. The van der Waals surface area contributed by atoms with Gasteiger partial charge in [-0.25, -0.2) is 0 Å². The molecule has 3 N–H and O–H groups in total. The molecule has 1 aromatic carbocycles. The van der Waals surface area contributed by atoms with E-state index >= 15 is 0 Å². The summed E-state index contributed by atoms with van der Waals surface area (Å²) in [5, 5.41) is 8.36. The molecule has 0 atom stereocenters. The van der Waals surface area contributed by atoms with Gasteiger partial charge in [-0.05, 0) is 26.0 Å². The molecule has 0 fully saturated rings. The van der Waals surface area contributed by atoms with E-state index < -0.39 is 0 Å². The van der Waals surface area contributed by atoms with E-state index in [-0.39, 0.29) is 5.84 Å². The maximum atomic E-state index is 7.65. The zero-order valence-corrected chi connectivity index (χ0v) is 12.5. The first-order valence-electron chi connectivity index (χ1n) is 5.84. The number of nitrogens with zero attached hydrogens (tertiary/aromatic N) is 1. The molecule has 0 spiro atoms. The van der Waals surface area contributed by atoms with Gasteiger partial charge in [0.2, 0.25) is 0 Å². The summed E-state index contributed by atoms with van der Waals surface area (Å²) >= 11 is 12.1. The van der Waals surface area contributed by atoms with E-state index in [1.54, 1.807) is 31.2 Å². The Bertz CT molecular complexity index is 686. The van der Waals surface area contributed by atoms with Gasteiger partial charge in [-0.2, -0.15) is 0 Å². The molecule has 0 aliphatic rings. The quantitative estimate of drug-likeness (QED) is 0.662. The van der Waals surface area contributed by atoms with Gasteiger partial charge in [0.1, 0.15) is 22.4 Å². The lowest BCUT2D eigenvalue weighted by Crippen LogP contribution is -2.15. The molecule has 104 valence electrons. The lowest BCUT2D eigenvalue weighted by Gasteiger charge is -2.14. The van der Waals surface area contributed by atoms with Crippen LogP contribution in [0.5, 0.6) is 11.5 Å². The number of benzene rings is 1. The average Bonchev–Trinajstić information content (AvgIpc) is 2.33. The van der Waals surface area contributed by atoms with Crippen LogP contribution in [-0.2, 0) is 0 Å². The second-order valence-corrected chi connectivity index (χ2v) is 5.08. The molecule has 0 unspecified atom stereocenters. The van der Waals surface area contributed by atoms with Crippen molar-refractivity contribution in [3.05, 3.63) is 51.3 Å². The normalized spacial score (nSPS) is 10.4. The van der Waals surface area contributed by atoms with Crippen molar-refractivity contribution in [3.8, 4) is 11.5 Å². The first kappa shape index (κ1) is 14.6. The molecule has 2 rings (SSSR count). The van der Waals surface area contributed by atoms with Gasteiger partial charge in [0.15, 0.2) is 0 Å². The zero-order chi connectivity index (χ0) is 14.9. The average molecular weight is 310 g/mol. The number of hydrogen-bond donors (Lipinski definition) is 2. The summed E-state index contributed by atoms with van der Waals surface area (Å²) in [4.78, 5) is 4.28. The summed E-state index contributed by atoms with van der Waals surface area (Å²) in [7, 11) is 0. The van der Waals surface area contributed by atoms with Gasteiger partial charge < -0.3 is 10.5 Å². The van der Waals surface area contributed by atoms with Crippen molar-refractivity contribution in [2.24, 2.45) is 5.73 Å². The van der Waals surface area contributed by atoms with E-state index in [4.69, 9.17) is 39.1 Å². The number of amidine groups is 1. The second-order valence-electron chi connectivity index (χ2n) is 4.29. The van der Waals surface area contributed by atoms with Gasteiger partial charge in [-0.15, -0.1) is 0 Å². The predicted molar refractivity (Wildman–Crippen MR) is 81.3 cm³/mol. The molecule has 0 saturated heterocycles. The van der Waals surface area contributed by atoms with Crippen LogP contribution in [-0.4, -0.2) is 10.8 Å². The van der Waals surface area contributed by atoms with Crippen LogP contribution in [0, 0.1) is 19.3 Å². The fraction of sp³-hybridized carbons (Fsp3) is 0.143. The number of aryl methyl sites for hydroxylation is 2. The summed E-state index contributed by atoms with van der Waals surface area (Å²) in [5.41, 5.74) is 7.44. The molecule has 20 heavy (non-hydrogen) atoms. The summed E-state index contributed by atoms with van der Waals surface area (Å²) in [5.74, 6) is 0.737. The van der Waals surface area contributed by atoms with E-state index in [1.165, 1.54) is 0 Å². The Morgan fingerprint density at radius 2 is 1.95 bits per heavy atom. The minimum Gasteiger partial charge on any atom is -0.455 e. The second kappa shape index (κ2) is 5.69. The molecular formula is C14H13Cl2N3O. The molecule has 2 aromatic rings. The van der Waals surface area contributed by atoms with Gasteiger partial charge in [0.25, 0.3) is 0 Å². The Morgan fingerprint density at radius 1 is 1.25 bits per heavy atom. The van der Waals surface area contributed by atoms with E-state index in [0.29, 0.717) is 32.8 Å². The lowest BCUT2D eigenvalue weighted by molar-refractivity contribution is 0.480. The number of aromatic nitrogens is 1. The third kappa shape index (κ3) is 2.86. The van der Waals surface area contributed by atoms with Gasteiger partial charge in [0, 0.05) is 11.8 Å². The fourth-order valence-corrected chi connectivity index (χ4v) is 2.21. The third-order valence-electron chi connectivity index (χ3n) is 2.70. The summed E-state index contributed by atoms with van der Waals surface area (Å²) in [6.45, 7) is 3.61. The number of nitrogens with one attached hydrogen (secondary N) is 1. The largest absolute Gasteiger partial charge is 0.455 e. The molecule has 1 heterocycles.